The molecule has 0 saturated carbocycles. The Hall–Kier alpha value is -0.0800. The molecule has 0 fully saturated rings. The molecule has 0 aliphatic heterocycles. The second-order valence-electron chi connectivity index (χ2n) is 4.22. The van der Waals surface area contributed by atoms with Crippen LogP contribution in [0.3, 0.4) is 0 Å². The first-order valence-electron chi connectivity index (χ1n) is 7.24. The van der Waals surface area contributed by atoms with Crippen LogP contribution in [-0.4, -0.2) is 19.6 Å². The Bertz CT molecular complexity index is 84.7. The van der Waals surface area contributed by atoms with Gasteiger partial charge in [-0.15, -0.1) is 0 Å². The molecule has 2 nitrogen and oxygen atoms in total. The van der Waals surface area contributed by atoms with Crippen LogP contribution >= 0.6 is 0 Å². The highest BCUT2D eigenvalue weighted by Crippen LogP contribution is 2.07. The van der Waals surface area contributed by atoms with Gasteiger partial charge >= 0.3 is 0 Å². The van der Waals surface area contributed by atoms with E-state index in [1.807, 2.05) is 0 Å². The fraction of sp³-hybridized carbons (Fsp3) is 1.00. The SMILES string of the molecule is CCCCCCCCCCN.CCNCC. The zero-order valence-electron chi connectivity index (χ0n) is 11.9. The van der Waals surface area contributed by atoms with E-state index >= 15 is 0 Å². The van der Waals surface area contributed by atoms with E-state index in [2.05, 4.69) is 26.1 Å². The minimum absolute atomic E-state index is 0.870. The van der Waals surface area contributed by atoms with Crippen LogP contribution in [0.1, 0.15) is 72.1 Å². The lowest BCUT2D eigenvalue weighted by atomic mass is 10.1. The van der Waals surface area contributed by atoms with E-state index in [1.165, 1.54) is 51.4 Å². The summed E-state index contributed by atoms with van der Waals surface area (Å²) in [7, 11) is 0. The Morgan fingerprint density at radius 1 is 0.688 bits per heavy atom. The molecule has 0 amide bonds. The lowest BCUT2D eigenvalue weighted by molar-refractivity contribution is 0.578. The number of nitrogens with two attached hydrogens (primary N) is 1. The van der Waals surface area contributed by atoms with E-state index in [-0.39, 0.29) is 0 Å². The van der Waals surface area contributed by atoms with Crippen molar-refractivity contribution in [2.45, 2.75) is 72.1 Å². The summed E-state index contributed by atoms with van der Waals surface area (Å²) in [5, 5.41) is 3.11. The predicted molar refractivity (Wildman–Crippen MR) is 75.9 cm³/mol. The summed E-state index contributed by atoms with van der Waals surface area (Å²) in [6.07, 6.45) is 11.0. The highest BCUT2D eigenvalue weighted by atomic mass is 14.8. The van der Waals surface area contributed by atoms with Crippen molar-refractivity contribution in [1.29, 1.82) is 0 Å². The fourth-order valence-electron chi connectivity index (χ4n) is 1.53. The normalized spacial score (nSPS) is 9.75. The van der Waals surface area contributed by atoms with Crippen LogP contribution in [0.2, 0.25) is 0 Å². The Morgan fingerprint density at radius 3 is 1.44 bits per heavy atom. The molecule has 0 aromatic carbocycles. The minimum atomic E-state index is 0.870. The summed E-state index contributed by atoms with van der Waals surface area (Å²) in [5.41, 5.74) is 5.39. The van der Waals surface area contributed by atoms with Crippen molar-refractivity contribution >= 4 is 0 Å². The number of hydrogen-bond acceptors (Lipinski definition) is 2. The molecule has 0 heterocycles. The molecule has 0 aliphatic rings. The average molecular weight is 230 g/mol. The summed E-state index contributed by atoms with van der Waals surface area (Å²) < 4.78 is 0. The van der Waals surface area contributed by atoms with Gasteiger partial charge in [0.15, 0.2) is 0 Å². The standard InChI is InChI=1S/C10H23N.C4H11N/c1-2-3-4-5-6-7-8-9-10-11;1-3-5-4-2/h2-11H2,1H3;5H,3-4H2,1-2H3. The van der Waals surface area contributed by atoms with Crippen molar-refractivity contribution in [3.63, 3.8) is 0 Å². The first-order valence-corrected chi connectivity index (χ1v) is 7.24. The van der Waals surface area contributed by atoms with Crippen LogP contribution in [0.25, 0.3) is 0 Å². The third-order valence-electron chi connectivity index (χ3n) is 2.56. The van der Waals surface area contributed by atoms with Gasteiger partial charge in [0.2, 0.25) is 0 Å². The largest absolute Gasteiger partial charge is 0.330 e. The summed E-state index contributed by atoms with van der Waals surface area (Å²) in [4.78, 5) is 0. The molecule has 0 saturated heterocycles. The van der Waals surface area contributed by atoms with Crippen molar-refractivity contribution in [3.05, 3.63) is 0 Å². The van der Waals surface area contributed by atoms with Crippen molar-refractivity contribution in [1.82, 2.24) is 5.32 Å². The smallest absolute Gasteiger partial charge is 0.00773 e. The lowest BCUT2D eigenvalue weighted by Crippen LogP contribution is -2.09. The second-order valence-corrected chi connectivity index (χ2v) is 4.22. The monoisotopic (exact) mass is 230 g/mol. The van der Waals surface area contributed by atoms with Crippen LogP contribution in [0, 0.1) is 0 Å². The van der Waals surface area contributed by atoms with Crippen molar-refractivity contribution in [3.8, 4) is 0 Å². The topological polar surface area (TPSA) is 38.0 Å². The first-order chi connectivity index (χ1) is 7.83. The highest BCUT2D eigenvalue weighted by molar-refractivity contribution is 4.45. The molecule has 16 heavy (non-hydrogen) atoms. The zero-order valence-corrected chi connectivity index (χ0v) is 11.9. The number of nitrogens with one attached hydrogen (secondary N) is 1. The molecule has 0 aliphatic carbocycles. The third-order valence-corrected chi connectivity index (χ3v) is 2.56. The summed E-state index contributed by atoms with van der Waals surface area (Å²) in [5.74, 6) is 0. The minimum Gasteiger partial charge on any atom is -0.330 e. The number of hydrogen-bond donors (Lipinski definition) is 2. The summed E-state index contributed by atoms with van der Waals surface area (Å²) in [6, 6.07) is 0. The predicted octanol–water partition coefficient (Wildman–Crippen LogP) is 3.70. The second kappa shape index (κ2) is 20.3. The van der Waals surface area contributed by atoms with Gasteiger partial charge in [-0.05, 0) is 26.1 Å². The van der Waals surface area contributed by atoms with Gasteiger partial charge in [-0.25, -0.2) is 0 Å². The van der Waals surface area contributed by atoms with E-state index in [0.717, 1.165) is 19.6 Å². The van der Waals surface area contributed by atoms with Crippen LogP contribution in [-0.2, 0) is 0 Å². The van der Waals surface area contributed by atoms with Gasteiger partial charge in [-0.1, -0.05) is 65.7 Å². The van der Waals surface area contributed by atoms with Crippen LogP contribution < -0.4 is 11.1 Å². The maximum atomic E-state index is 5.39. The molecule has 0 aromatic heterocycles. The maximum absolute atomic E-state index is 5.39. The van der Waals surface area contributed by atoms with Crippen LogP contribution in [0.5, 0.6) is 0 Å². The van der Waals surface area contributed by atoms with Crippen molar-refractivity contribution in [2.75, 3.05) is 19.6 Å². The van der Waals surface area contributed by atoms with Gasteiger partial charge in [0.05, 0.1) is 0 Å². The highest BCUT2D eigenvalue weighted by Gasteiger charge is 1.89. The molecule has 0 aromatic rings. The quantitative estimate of drug-likeness (QED) is 0.562. The van der Waals surface area contributed by atoms with Gasteiger partial charge in [-0.3, -0.25) is 0 Å². The van der Waals surface area contributed by atoms with Crippen molar-refractivity contribution < 1.29 is 0 Å². The Morgan fingerprint density at radius 2 is 1.12 bits per heavy atom. The molecule has 0 rings (SSSR count). The summed E-state index contributed by atoms with van der Waals surface area (Å²) >= 11 is 0. The molecule has 0 unspecified atom stereocenters. The third kappa shape index (κ3) is 23.6. The van der Waals surface area contributed by atoms with Crippen LogP contribution in [0.15, 0.2) is 0 Å². The van der Waals surface area contributed by atoms with E-state index < -0.39 is 0 Å². The van der Waals surface area contributed by atoms with Gasteiger partial charge < -0.3 is 11.1 Å². The van der Waals surface area contributed by atoms with Gasteiger partial charge in [0.25, 0.3) is 0 Å². The number of unbranched alkanes of at least 4 members (excludes halogenated alkanes) is 7. The fourth-order valence-corrected chi connectivity index (χ4v) is 1.53. The van der Waals surface area contributed by atoms with Gasteiger partial charge in [0.1, 0.15) is 0 Å². The number of rotatable bonds is 10. The maximum Gasteiger partial charge on any atom is -0.00773 e. The molecule has 3 N–H and O–H groups in total. The Labute approximate surface area is 103 Å². The lowest BCUT2D eigenvalue weighted by Gasteiger charge is -1.99. The molecule has 2 heteroatoms. The van der Waals surface area contributed by atoms with E-state index in [0.29, 0.717) is 0 Å². The van der Waals surface area contributed by atoms with Gasteiger partial charge in [0, 0.05) is 0 Å². The van der Waals surface area contributed by atoms with E-state index in [9.17, 15) is 0 Å². The molecule has 100 valence electrons. The first kappa shape index (κ1) is 18.3. The van der Waals surface area contributed by atoms with E-state index in [4.69, 9.17) is 5.73 Å². The molecular formula is C14H34N2. The van der Waals surface area contributed by atoms with E-state index in [1.54, 1.807) is 0 Å². The zero-order chi connectivity index (χ0) is 12.5. The van der Waals surface area contributed by atoms with Gasteiger partial charge in [-0.2, -0.15) is 0 Å². The molecule has 0 atom stereocenters. The van der Waals surface area contributed by atoms with Crippen molar-refractivity contribution in [2.24, 2.45) is 5.73 Å². The molecular weight excluding hydrogens is 196 g/mol. The molecule has 0 radical (unpaired) electrons. The Kier molecular flexibility index (Phi) is 23.3. The van der Waals surface area contributed by atoms with Crippen LogP contribution in [0.4, 0.5) is 0 Å². The average Bonchev–Trinajstić information content (AvgIpc) is 2.30. The molecule has 0 spiro atoms. The Balaban J connectivity index is 0. The summed E-state index contributed by atoms with van der Waals surface area (Å²) in [6.45, 7) is 9.52. The molecule has 0 bridgehead atoms.